The third kappa shape index (κ3) is 5.73. The molecule has 10 heteroatoms. The minimum Gasteiger partial charge on any atom is -0.343 e. The number of benzene rings is 2. The number of nitrogens with one attached hydrogen (secondary N) is 1. The van der Waals surface area contributed by atoms with E-state index in [4.69, 9.17) is 37.9 Å². The summed E-state index contributed by atoms with van der Waals surface area (Å²) in [5.74, 6) is 1.59. The van der Waals surface area contributed by atoms with Gasteiger partial charge in [0.15, 0.2) is 0 Å². The molecule has 2 saturated heterocycles. The molecule has 4 unspecified atom stereocenters. The predicted octanol–water partition coefficient (Wildman–Crippen LogP) is 0.803. The highest BCUT2D eigenvalue weighted by molar-refractivity contribution is 5.49. The van der Waals surface area contributed by atoms with Crippen LogP contribution >= 0.6 is 0 Å². The van der Waals surface area contributed by atoms with Crippen LogP contribution in [0.4, 0.5) is 17.8 Å². The van der Waals surface area contributed by atoms with E-state index in [-0.39, 0.29) is 30.2 Å². The van der Waals surface area contributed by atoms with Gasteiger partial charge in [-0.25, -0.2) is 0 Å². The average Bonchev–Trinajstić information content (AvgIpc) is 2.87. The van der Waals surface area contributed by atoms with E-state index in [2.05, 4.69) is 39.4 Å². The first-order valence-electron chi connectivity index (χ1n) is 12.6. The highest BCUT2D eigenvalue weighted by atomic mass is 15.4. The summed E-state index contributed by atoms with van der Waals surface area (Å²) in [6.07, 6.45) is 1.55. The Bertz CT molecular complexity index is 1020. The third-order valence-electron chi connectivity index (χ3n) is 6.75. The Hall–Kier alpha value is -3.31. The van der Waals surface area contributed by atoms with Crippen LogP contribution < -0.4 is 38.1 Å². The van der Waals surface area contributed by atoms with Crippen LogP contribution in [0.1, 0.15) is 30.0 Å². The summed E-state index contributed by atoms with van der Waals surface area (Å²) in [6.45, 7) is 2.54. The molecule has 2 fully saturated rings. The zero-order valence-corrected chi connectivity index (χ0v) is 20.4. The second-order valence-electron chi connectivity index (χ2n) is 9.98. The van der Waals surface area contributed by atoms with Gasteiger partial charge in [0.25, 0.3) is 0 Å². The smallest absolute Gasteiger partial charge is 0.232 e. The molecule has 10 nitrogen and oxygen atoms in total. The van der Waals surface area contributed by atoms with Crippen LogP contribution in [-0.2, 0) is 0 Å². The van der Waals surface area contributed by atoms with E-state index in [0.717, 1.165) is 24.0 Å². The Balaban J connectivity index is 1.53. The Labute approximate surface area is 212 Å². The van der Waals surface area contributed by atoms with Gasteiger partial charge in [0.1, 0.15) is 0 Å². The summed E-state index contributed by atoms with van der Waals surface area (Å²) in [5, 5.41) is 3.57. The van der Waals surface area contributed by atoms with E-state index in [1.807, 2.05) is 36.4 Å². The topological polar surface area (TPSA) is 161 Å². The number of hydrogen-bond donors (Lipinski definition) is 5. The van der Waals surface area contributed by atoms with Crippen LogP contribution in [0, 0.1) is 0 Å². The Morgan fingerprint density at radius 2 is 1.00 bits per heavy atom. The Kier molecular flexibility index (Phi) is 7.28. The number of piperidine rings is 2. The lowest BCUT2D eigenvalue weighted by Crippen LogP contribution is -2.54. The van der Waals surface area contributed by atoms with Crippen molar-refractivity contribution in [3.63, 3.8) is 0 Å². The lowest BCUT2D eigenvalue weighted by atomic mass is 9.99. The summed E-state index contributed by atoms with van der Waals surface area (Å²) >= 11 is 0. The van der Waals surface area contributed by atoms with Crippen LogP contribution in [0.2, 0.25) is 0 Å². The molecular formula is C26H36N10. The molecule has 0 spiro atoms. The van der Waals surface area contributed by atoms with Crippen LogP contribution in [0.25, 0.3) is 0 Å². The van der Waals surface area contributed by atoms with Crippen molar-refractivity contribution in [2.24, 2.45) is 22.9 Å². The van der Waals surface area contributed by atoms with E-state index < -0.39 is 0 Å². The Morgan fingerprint density at radius 1 is 0.611 bits per heavy atom. The summed E-state index contributed by atoms with van der Waals surface area (Å²) in [6, 6.07) is 20.2. The van der Waals surface area contributed by atoms with Gasteiger partial charge < -0.3 is 38.1 Å². The lowest BCUT2D eigenvalue weighted by Gasteiger charge is -2.37. The van der Waals surface area contributed by atoms with Crippen molar-refractivity contribution in [2.75, 3.05) is 41.3 Å². The highest BCUT2D eigenvalue weighted by Crippen LogP contribution is 2.28. The summed E-state index contributed by atoms with van der Waals surface area (Å²) in [5.41, 5.74) is 27.4. The standard InChI is InChI=1S/C26H36N10/c27-19-11-20(28)14-35(13-19)25-32-24(33-26(34-25)36-15-21(29)12-22(30)16-36)31-23(17-7-3-1-4-8-17)18-9-5-2-6-10-18/h1-10,19-23H,11-16,27-30H2,(H,31,32,33,34). The molecule has 2 aromatic carbocycles. The first-order chi connectivity index (χ1) is 17.4. The molecule has 9 N–H and O–H groups in total. The van der Waals surface area contributed by atoms with Crippen molar-refractivity contribution in [3.8, 4) is 0 Å². The molecule has 1 aromatic heterocycles. The summed E-state index contributed by atoms with van der Waals surface area (Å²) < 4.78 is 0. The van der Waals surface area contributed by atoms with Gasteiger partial charge >= 0.3 is 0 Å². The quantitative estimate of drug-likeness (QED) is 0.336. The van der Waals surface area contributed by atoms with Crippen LogP contribution in [0.15, 0.2) is 60.7 Å². The molecule has 4 atom stereocenters. The van der Waals surface area contributed by atoms with Gasteiger partial charge in [-0.1, -0.05) is 60.7 Å². The predicted molar refractivity (Wildman–Crippen MR) is 144 cm³/mol. The molecule has 0 saturated carbocycles. The molecule has 2 aliphatic heterocycles. The van der Waals surface area contributed by atoms with Crippen molar-refractivity contribution in [1.82, 2.24) is 15.0 Å². The van der Waals surface area contributed by atoms with Crippen LogP contribution in [-0.4, -0.2) is 65.3 Å². The highest BCUT2D eigenvalue weighted by Gasteiger charge is 2.29. The molecular weight excluding hydrogens is 452 g/mol. The van der Waals surface area contributed by atoms with E-state index in [1.54, 1.807) is 0 Å². The summed E-state index contributed by atoms with van der Waals surface area (Å²) in [4.78, 5) is 18.6. The second kappa shape index (κ2) is 10.8. The van der Waals surface area contributed by atoms with Crippen molar-refractivity contribution in [3.05, 3.63) is 71.8 Å². The minimum absolute atomic E-state index is 0.0383. The SMILES string of the molecule is NC1CC(N)CN(c2nc(NC(c3ccccc3)c3ccccc3)nc(N3CC(N)CC(N)C3)n2)C1. The fraction of sp³-hybridized carbons (Fsp3) is 0.423. The molecule has 190 valence electrons. The van der Waals surface area contributed by atoms with Gasteiger partial charge in [-0.3, -0.25) is 0 Å². The van der Waals surface area contributed by atoms with Crippen molar-refractivity contribution in [1.29, 1.82) is 0 Å². The number of anilines is 3. The van der Waals surface area contributed by atoms with Gasteiger partial charge in [-0.15, -0.1) is 0 Å². The fourth-order valence-electron chi connectivity index (χ4n) is 5.16. The maximum Gasteiger partial charge on any atom is 0.232 e. The molecule has 5 rings (SSSR count). The number of rotatable bonds is 6. The summed E-state index contributed by atoms with van der Waals surface area (Å²) in [7, 11) is 0. The minimum atomic E-state index is -0.146. The fourth-order valence-corrected chi connectivity index (χ4v) is 5.16. The van der Waals surface area contributed by atoms with E-state index >= 15 is 0 Å². The van der Waals surface area contributed by atoms with Crippen molar-refractivity contribution >= 4 is 17.8 Å². The van der Waals surface area contributed by atoms with E-state index in [0.29, 0.717) is 44.0 Å². The normalized spacial score (nSPS) is 24.7. The van der Waals surface area contributed by atoms with Gasteiger partial charge in [-0.05, 0) is 24.0 Å². The van der Waals surface area contributed by atoms with Crippen LogP contribution in [0.3, 0.4) is 0 Å². The number of aromatic nitrogens is 3. The third-order valence-corrected chi connectivity index (χ3v) is 6.75. The first-order valence-corrected chi connectivity index (χ1v) is 12.6. The lowest BCUT2D eigenvalue weighted by molar-refractivity contribution is 0.441. The first kappa shape index (κ1) is 24.4. The molecule has 3 aromatic rings. The zero-order valence-electron chi connectivity index (χ0n) is 20.4. The monoisotopic (exact) mass is 488 g/mol. The van der Waals surface area contributed by atoms with Crippen molar-refractivity contribution in [2.45, 2.75) is 43.1 Å². The van der Waals surface area contributed by atoms with Gasteiger partial charge in [-0.2, -0.15) is 15.0 Å². The molecule has 2 aliphatic rings. The number of nitrogens with two attached hydrogens (primary N) is 4. The second-order valence-corrected chi connectivity index (χ2v) is 9.98. The van der Waals surface area contributed by atoms with Gasteiger partial charge in [0, 0.05) is 50.3 Å². The van der Waals surface area contributed by atoms with Gasteiger partial charge in [0.2, 0.25) is 17.8 Å². The molecule has 0 bridgehead atoms. The van der Waals surface area contributed by atoms with E-state index in [1.165, 1.54) is 0 Å². The van der Waals surface area contributed by atoms with Gasteiger partial charge in [0.05, 0.1) is 6.04 Å². The number of hydrogen-bond acceptors (Lipinski definition) is 10. The molecule has 36 heavy (non-hydrogen) atoms. The largest absolute Gasteiger partial charge is 0.343 e. The van der Waals surface area contributed by atoms with Crippen molar-refractivity contribution < 1.29 is 0 Å². The molecule has 0 radical (unpaired) electrons. The maximum absolute atomic E-state index is 6.29. The van der Waals surface area contributed by atoms with E-state index in [9.17, 15) is 0 Å². The molecule has 3 heterocycles. The molecule has 0 aliphatic carbocycles. The zero-order chi connectivity index (χ0) is 25.1. The Morgan fingerprint density at radius 3 is 1.39 bits per heavy atom. The van der Waals surface area contributed by atoms with Crippen LogP contribution in [0.5, 0.6) is 0 Å². The maximum atomic E-state index is 6.29. The number of nitrogens with zero attached hydrogens (tertiary/aromatic N) is 5. The average molecular weight is 489 g/mol. The molecule has 0 amide bonds.